The summed E-state index contributed by atoms with van der Waals surface area (Å²) in [5, 5.41) is 13.7. The Labute approximate surface area is 264 Å². The first-order chi connectivity index (χ1) is 21.1. The molecule has 4 rings (SSSR count). The van der Waals surface area contributed by atoms with Gasteiger partial charge >= 0.3 is 5.97 Å². The highest BCUT2D eigenvalue weighted by molar-refractivity contribution is 6.34. The van der Waals surface area contributed by atoms with E-state index in [-0.39, 0.29) is 37.9 Å². The number of aliphatic hydroxyl groups excluding tert-OH is 1. The first-order valence-corrected chi connectivity index (χ1v) is 15.8. The van der Waals surface area contributed by atoms with Gasteiger partial charge in [-0.25, -0.2) is 0 Å². The van der Waals surface area contributed by atoms with Crippen molar-refractivity contribution in [3.8, 4) is 0 Å². The number of hydrogen-bond acceptors (Lipinski definition) is 7. The van der Waals surface area contributed by atoms with E-state index < -0.39 is 59.5 Å². The summed E-state index contributed by atoms with van der Waals surface area (Å²) in [7, 11) is 0. The molecule has 0 aliphatic carbocycles. The molecule has 1 aromatic rings. The van der Waals surface area contributed by atoms with Gasteiger partial charge in [0.1, 0.15) is 17.7 Å². The third-order valence-corrected chi connectivity index (χ3v) is 9.61. The van der Waals surface area contributed by atoms with Crippen molar-refractivity contribution in [2.75, 3.05) is 24.6 Å². The van der Waals surface area contributed by atoms with Gasteiger partial charge < -0.3 is 29.7 Å². The van der Waals surface area contributed by atoms with Gasteiger partial charge in [0, 0.05) is 13.0 Å². The van der Waals surface area contributed by atoms with E-state index in [1.807, 2.05) is 13.8 Å². The molecule has 8 atom stereocenters. The molecule has 0 aromatic heterocycles. The molecule has 44 heavy (non-hydrogen) atoms. The number of esters is 1. The summed E-state index contributed by atoms with van der Waals surface area (Å²) in [4.78, 5) is 57.8. The molecule has 1 spiro atoms. The molecular formula is C33H44ClN3O7. The number of ether oxygens (including phenoxy) is 2. The topological polar surface area (TPSA) is 125 Å². The zero-order valence-corrected chi connectivity index (χ0v) is 26.5. The van der Waals surface area contributed by atoms with Gasteiger partial charge in [0.2, 0.25) is 11.8 Å². The normalized spacial score (nSPS) is 27.3. The number of nitrogens with one attached hydrogen (secondary N) is 1. The molecule has 3 saturated heterocycles. The fourth-order valence-electron chi connectivity index (χ4n) is 6.96. The van der Waals surface area contributed by atoms with Crippen LogP contribution in [-0.4, -0.2) is 83.3 Å². The zero-order chi connectivity index (χ0) is 32.2. The van der Waals surface area contributed by atoms with Crippen molar-refractivity contribution in [2.45, 2.75) is 82.8 Å². The van der Waals surface area contributed by atoms with Gasteiger partial charge in [0.05, 0.1) is 47.8 Å². The van der Waals surface area contributed by atoms with E-state index in [0.29, 0.717) is 36.4 Å². The van der Waals surface area contributed by atoms with Crippen LogP contribution in [0.15, 0.2) is 49.6 Å². The van der Waals surface area contributed by atoms with Crippen molar-refractivity contribution < 1.29 is 33.8 Å². The molecule has 2 N–H and O–H groups in total. The molecule has 0 radical (unpaired) electrons. The number of rotatable bonds is 15. The van der Waals surface area contributed by atoms with Crippen molar-refractivity contribution in [2.24, 2.45) is 17.8 Å². The average Bonchev–Trinajstić information content (AvgIpc) is 3.65. The predicted molar refractivity (Wildman–Crippen MR) is 167 cm³/mol. The monoisotopic (exact) mass is 629 g/mol. The number of anilines is 1. The van der Waals surface area contributed by atoms with Crippen LogP contribution in [0.3, 0.4) is 0 Å². The lowest BCUT2D eigenvalue weighted by atomic mass is 9.70. The summed E-state index contributed by atoms with van der Waals surface area (Å²) >= 11 is 6.53. The van der Waals surface area contributed by atoms with Crippen LogP contribution >= 0.6 is 11.6 Å². The minimum absolute atomic E-state index is 0.117. The van der Waals surface area contributed by atoms with Crippen LogP contribution in [0.1, 0.15) is 52.9 Å². The highest BCUT2D eigenvalue weighted by Gasteiger charge is 2.76. The quantitative estimate of drug-likeness (QED) is 0.224. The number of halogens is 1. The average molecular weight is 630 g/mol. The van der Waals surface area contributed by atoms with Crippen molar-refractivity contribution >= 4 is 41.0 Å². The molecular weight excluding hydrogens is 586 g/mol. The van der Waals surface area contributed by atoms with Crippen LogP contribution in [-0.2, 0) is 28.7 Å². The number of carbonyl (C=O) groups is 4. The van der Waals surface area contributed by atoms with E-state index in [9.17, 15) is 24.3 Å². The van der Waals surface area contributed by atoms with Crippen LogP contribution in [0, 0.1) is 17.8 Å². The lowest BCUT2D eigenvalue weighted by Crippen LogP contribution is -2.60. The summed E-state index contributed by atoms with van der Waals surface area (Å²) in [6, 6.07) is 5.16. The lowest BCUT2D eigenvalue weighted by molar-refractivity contribution is -0.160. The van der Waals surface area contributed by atoms with Crippen LogP contribution in [0.4, 0.5) is 5.69 Å². The maximum absolute atomic E-state index is 14.7. The van der Waals surface area contributed by atoms with Gasteiger partial charge in [0.25, 0.3) is 5.91 Å². The van der Waals surface area contributed by atoms with Gasteiger partial charge in [-0.2, -0.15) is 0 Å². The van der Waals surface area contributed by atoms with Crippen LogP contribution in [0.25, 0.3) is 0 Å². The standard InChI is InChI=1S/C33H44ClN3O7/c1-6-9-14-26(39)35-18-21(5)43-32(42)27-25-15-16-33(44-25)28(27)30(40)37(24(19-38)20(4)8-3)29(33)31(41)36(17-7-2)23-13-11-10-12-22(23)34/h6-7,10-13,20-21,24-25,27-29,38H,1-2,8-9,14-19H2,3-5H3,(H,35,39)/t20-,21+,24-,25+,27-,28-,29+,33-/m0/s1. The second-order valence-electron chi connectivity index (χ2n) is 12.0. The smallest absolute Gasteiger partial charge is 0.312 e. The Hall–Kier alpha value is -3.21. The molecule has 1 aromatic carbocycles. The van der Waals surface area contributed by atoms with E-state index in [1.54, 1.807) is 43.3 Å². The minimum atomic E-state index is -1.29. The van der Waals surface area contributed by atoms with E-state index in [4.69, 9.17) is 21.1 Å². The van der Waals surface area contributed by atoms with Crippen molar-refractivity contribution in [1.82, 2.24) is 10.2 Å². The summed E-state index contributed by atoms with van der Waals surface area (Å²) in [5.41, 5.74) is -0.825. The number of para-hydroxylation sites is 1. The van der Waals surface area contributed by atoms with Crippen LogP contribution < -0.4 is 10.2 Å². The number of amides is 3. The number of allylic oxidation sites excluding steroid dienone is 1. The molecule has 2 bridgehead atoms. The summed E-state index contributed by atoms with van der Waals surface area (Å²) in [6.45, 7) is 12.9. The van der Waals surface area contributed by atoms with Crippen LogP contribution in [0.5, 0.6) is 0 Å². The van der Waals surface area contributed by atoms with Crippen molar-refractivity contribution in [3.63, 3.8) is 0 Å². The van der Waals surface area contributed by atoms with Gasteiger partial charge in [0.15, 0.2) is 0 Å². The molecule has 3 aliphatic heterocycles. The number of benzene rings is 1. The molecule has 3 fully saturated rings. The molecule has 3 heterocycles. The number of carbonyl (C=O) groups excluding carboxylic acids is 4. The molecule has 3 amide bonds. The maximum Gasteiger partial charge on any atom is 0.312 e. The maximum atomic E-state index is 14.7. The van der Waals surface area contributed by atoms with Gasteiger partial charge in [-0.15, -0.1) is 13.2 Å². The number of hydrogen-bond donors (Lipinski definition) is 2. The Morgan fingerprint density at radius 2 is 2.00 bits per heavy atom. The Balaban J connectivity index is 1.68. The Kier molecular flexibility index (Phi) is 10.9. The zero-order valence-electron chi connectivity index (χ0n) is 25.7. The highest BCUT2D eigenvalue weighted by atomic mass is 35.5. The van der Waals surface area contributed by atoms with Gasteiger partial charge in [-0.05, 0) is 44.2 Å². The van der Waals surface area contributed by atoms with Crippen molar-refractivity contribution in [3.05, 3.63) is 54.6 Å². The fraction of sp³-hybridized carbons (Fsp3) is 0.576. The van der Waals surface area contributed by atoms with Crippen molar-refractivity contribution in [1.29, 1.82) is 0 Å². The Morgan fingerprint density at radius 3 is 2.64 bits per heavy atom. The molecule has 3 aliphatic rings. The molecule has 0 unspecified atom stereocenters. The first-order valence-electron chi connectivity index (χ1n) is 15.4. The predicted octanol–water partition coefficient (Wildman–Crippen LogP) is 3.65. The Bertz CT molecular complexity index is 1270. The largest absolute Gasteiger partial charge is 0.460 e. The first kappa shape index (κ1) is 33.7. The SMILES string of the molecule is C=CCCC(=O)NC[C@@H](C)OC(=O)[C@@H]1[C@H]2C(=O)N([C@@H](CO)[C@@H](C)CC)[C@H](C(=O)N(CC=C)c3ccccc3Cl)[C@]23CC[C@H]1O3. The molecule has 11 heteroatoms. The second kappa shape index (κ2) is 14.3. The van der Waals surface area contributed by atoms with E-state index >= 15 is 0 Å². The molecule has 10 nitrogen and oxygen atoms in total. The molecule has 0 saturated carbocycles. The third kappa shape index (κ3) is 6.17. The number of fused-ring (bicyclic) bond motifs is 1. The minimum Gasteiger partial charge on any atom is -0.460 e. The van der Waals surface area contributed by atoms with Gasteiger partial charge in [-0.3, -0.25) is 19.2 Å². The van der Waals surface area contributed by atoms with E-state index in [0.717, 1.165) is 0 Å². The Morgan fingerprint density at radius 1 is 1.27 bits per heavy atom. The number of nitrogens with zero attached hydrogens (tertiary/aromatic N) is 2. The summed E-state index contributed by atoms with van der Waals surface area (Å²) < 4.78 is 12.3. The fourth-order valence-corrected chi connectivity index (χ4v) is 7.20. The van der Waals surface area contributed by atoms with Gasteiger partial charge in [-0.1, -0.05) is 56.2 Å². The highest BCUT2D eigenvalue weighted by Crippen LogP contribution is 2.59. The van der Waals surface area contributed by atoms with E-state index in [2.05, 4.69) is 18.5 Å². The third-order valence-electron chi connectivity index (χ3n) is 9.29. The number of aliphatic hydroxyl groups is 1. The summed E-state index contributed by atoms with van der Waals surface area (Å²) in [6.07, 6.45) is 4.32. The molecule has 240 valence electrons. The van der Waals surface area contributed by atoms with Crippen LogP contribution in [0.2, 0.25) is 5.02 Å². The van der Waals surface area contributed by atoms with E-state index in [1.165, 1.54) is 9.80 Å². The summed E-state index contributed by atoms with van der Waals surface area (Å²) in [5.74, 6) is -3.65. The number of likely N-dealkylation sites (tertiary alicyclic amines) is 1. The second-order valence-corrected chi connectivity index (χ2v) is 12.4. The lowest BCUT2D eigenvalue weighted by Gasteiger charge is -2.41.